The van der Waals surface area contributed by atoms with Gasteiger partial charge in [0.05, 0.1) is 5.52 Å². The lowest BCUT2D eigenvalue weighted by Crippen LogP contribution is -1.98. The third kappa shape index (κ3) is 2.60. The molecule has 0 aliphatic heterocycles. The maximum atomic E-state index is 4.58. The van der Waals surface area contributed by atoms with Crippen LogP contribution in [0.4, 0.5) is 5.95 Å². The van der Waals surface area contributed by atoms with Crippen molar-refractivity contribution in [2.45, 2.75) is 16.8 Å². The summed E-state index contributed by atoms with van der Waals surface area (Å²) in [5.74, 6) is 0.651. The zero-order valence-electron chi connectivity index (χ0n) is 11.4. The van der Waals surface area contributed by atoms with Gasteiger partial charge in [0.15, 0.2) is 0 Å². The minimum absolute atomic E-state index is 0.651. The molecule has 0 saturated carbocycles. The highest BCUT2D eigenvalue weighted by molar-refractivity contribution is 7.99. The van der Waals surface area contributed by atoms with Gasteiger partial charge in [-0.2, -0.15) is 0 Å². The lowest BCUT2D eigenvalue weighted by atomic mass is 10.2. The monoisotopic (exact) mass is 281 g/mol. The van der Waals surface area contributed by atoms with Crippen LogP contribution in [0.25, 0.3) is 10.9 Å². The predicted molar refractivity (Wildman–Crippen MR) is 84.4 cm³/mol. The molecule has 4 heteroatoms. The molecule has 20 heavy (non-hydrogen) atoms. The molecule has 100 valence electrons. The topological polar surface area (TPSA) is 37.8 Å². The van der Waals surface area contributed by atoms with Gasteiger partial charge >= 0.3 is 0 Å². The summed E-state index contributed by atoms with van der Waals surface area (Å²) in [7, 11) is 1.84. The summed E-state index contributed by atoms with van der Waals surface area (Å²) in [6.07, 6.45) is 0. The minimum atomic E-state index is 0.651. The Kier molecular flexibility index (Phi) is 3.56. The van der Waals surface area contributed by atoms with Gasteiger partial charge in [-0.15, -0.1) is 0 Å². The molecular formula is C16H15N3S. The number of para-hydroxylation sites is 1. The van der Waals surface area contributed by atoms with E-state index in [0.29, 0.717) is 5.95 Å². The summed E-state index contributed by atoms with van der Waals surface area (Å²) in [5, 5.41) is 5.08. The average Bonchev–Trinajstić information content (AvgIpc) is 2.49. The molecule has 0 radical (unpaired) electrons. The Balaban J connectivity index is 2.07. The van der Waals surface area contributed by atoms with Crippen LogP contribution < -0.4 is 5.32 Å². The molecule has 0 atom stereocenters. The van der Waals surface area contributed by atoms with Crippen molar-refractivity contribution in [3.63, 3.8) is 0 Å². The van der Waals surface area contributed by atoms with Crippen LogP contribution in [-0.4, -0.2) is 17.0 Å². The third-order valence-electron chi connectivity index (χ3n) is 3.03. The SMILES string of the molecule is CNc1nc(Sc2ccc(C)cc2)c2ccccc2n1. The van der Waals surface area contributed by atoms with Crippen molar-refractivity contribution >= 4 is 28.6 Å². The Labute approximate surface area is 122 Å². The summed E-state index contributed by atoms with van der Waals surface area (Å²) >= 11 is 1.66. The number of anilines is 1. The number of aryl methyl sites for hydroxylation is 1. The van der Waals surface area contributed by atoms with Crippen LogP contribution >= 0.6 is 11.8 Å². The van der Waals surface area contributed by atoms with Gasteiger partial charge < -0.3 is 5.32 Å². The number of nitrogens with zero attached hydrogens (tertiary/aromatic N) is 2. The molecule has 0 aliphatic carbocycles. The Hall–Kier alpha value is -2.07. The second kappa shape index (κ2) is 5.51. The lowest BCUT2D eigenvalue weighted by molar-refractivity contribution is 1.09. The standard InChI is InChI=1S/C16H15N3S/c1-11-7-9-12(10-8-11)20-15-13-5-3-4-6-14(13)18-16(17-2)19-15/h3-10H,1-2H3,(H,17,18,19). The van der Waals surface area contributed by atoms with Crippen LogP contribution in [0.5, 0.6) is 0 Å². The largest absolute Gasteiger partial charge is 0.357 e. The summed E-state index contributed by atoms with van der Waals surface area (Å²) < 4.78 is 0. The first kappa shape index (κ1) is 12.9. The molecule has 1 N–H and O–H groups in total. The van der Waals surface area contributed by atoms with E-state index >= 15 is 0 Å². The summed E-state index contributed by atoms with van der Waals surface area (Å²) in [5.41, 5.74) is 2.22. The molecular weight excluding hydrogens is 266 g/mol. The highest BCUT2D eigenvalue weighted by atomic mass is 32.2. The molecule has 1 heterocycles. The fourth-order valence-corrected chi connectivity index (χ4v) is 2.87. The smallest absolute Gasteiger partial charge is 0.224 e. The fourth-order valence-electron chi connectivity index (χ4n) is 1.96. The maximum absolute atomic E-state index is 4.58. The van der Waals surface area contributed by atoms with Gasteiger partial charge in [0.25, 0.3) is 0 Å². The Morgan fingerprint density at radius 1 is 0.950 bits per heavy atom. The highest BCUT2D eigenvalue weighted by Gasteiger charge is 2.08. The van der Waals surface area contributed by atoms with E-state index < -0.39 is 0 Å². The number of aromatic nitrogens is 2. The van der Waals surface area contributed by atoms with E-state index in [-0.39, 0.29) is 0 Å². The van der Waals surface area contributed by atoms with E-state index in [9.17, 15) is 0 Å². The van der Waals surface area contributed by atoms with Crippen molar-refractivity contribution in [3.05, 3.63) is 54.1 Å². The second-order valence-electron chi connectivity index (χ2n) is 4.53. The molecule has 3 rings (SSSR count). The molecule has 0 bridgehead atoms. The van der Waals surface area contributed by atoms with Gasteiger partial charge in [-0.3, -0.25) is 0 Å². The van der Waals surface area contributed by atoms with Crippen molar-refractivity contribution in [2.75, 3.05) is 12.4 Å². The molecule has 1 aromatic heterocycles. The van der Waals surface area contributed by atoms with Gasteiger partial charge in [0.2, 0.25) is 5.95 Å². The fraction of sp³-hybridized carbons (Fsp3) is 0.125. The molecule has 0 amide bonds. The van der Waals surface area contributed by atoms with Crippen LogP contribution in [0.3, 0.4) is 0 Å². The molecule has 0 saturated heterocycles. The first-order chi connectivity index (χ1) is 9.76. The normalized spacial score (nSPS) is 10.7. The van der Waals surface area contributed by atoms with Gasteiger partial charge in [-0.25, -0.2) is 9.97 Å². The Morgan fingerprint density at radius 3 is 2.45 bits per heavy atom. The summed E-state index contributed by atoms with van der Waals surface area (Å²) in [4.78, 5) is 10.2. The van der Waals surface area contributed by atoms with Gasteiger partial charge in [0.1, 0.15) is 5.03 Å². The molecule has 0 unspecified atom stereocenters. The van der Waals surface area contributed by atoms with Crippen LogP contribution in [0.2, 0.25) is 0 Å². The number of rotatable bonds is 3. The lowest BCUT2D eigenvalue weighted by Gasteiger charge is -2.08. The van der Waals surface area contributed by atoms with Gasteiger partial charge in [-0.05, 0) is 25.1 Å². The number of hydrogen-bond acceptors (Lipinski definition) is 4. The minimum Gasteiger partial charge on any atom is -0.357 e. The van der Waals surface area contributed by atoms with Crippen molar-refractivity contribution in [2.24, 2.45) is 0 Å². The second-order valence-corrected chi connectivity index (χ2v) is 5.60. The van der Waals surface area contributed by atoms with E-state index in [0.717, 1.165) is 15.9 Å². The van der Waals surface area contributed by atoms with E-state index in [1.807, 2.05) is 25.2 Å². The quantitative estimate of drug-likeness (QED) is 0.732. The molecule has 0 spiro atoms. The predicted octanol–water partition coefficient (Wildman–Crippen LogP) is 4.13. The zero-order chi connectivity index (χ0) is 13.9. The maximum Gasteiger partial charge on any atom is 0.224 e. The van der Waals surface area contributed by atoms with E-state index in [1.165, 1.54) is 10.5 Å². The molecule has 0 fully saturated rings. The molecule has 2 aromatic carbocycles. The summed E-state index contributed by atoms with van der Waals surface area (Å²) in [6, 6.07) is 16.6. The Morgan fingerprint density at radius 2 is 1.70 bits per heavy atom. The van der Waals surface area contributed by atoms with Crippen molar-refractivity contribution < 1.29 is 0 Å². The van der Waals surface area contributed by atoms with Crippen molar-refractivity contribution in [3.8, 4) is 0 Å². The van der Waals surface area contributed by atoms with Crippen LogP contribution in [0.1, 0.15) is 5.56 Å². The first-order valence-electron chi connectivity index (χ1n) is 6.45. The van der Waals surface area contributed by atoms with Crippen LogP contribution in [0, 0.1) is 6.92 Å². The van der Waals surface area contributed by atoms with Crippen LogP contribution in [0.15, 0.2) is 58.5 Å². The van der Waals surface area contributed by atoms with Crippen molar-refractivity contribution in [1.82, 2.24) is 9.97 Å². The average molecular weight is 281 g/mol. The van der Waals surface area contributed by atoms with Crippen LogP contribution in [-0.2, 0) is 0 Å². The van der Waals surface area contributed by atoms with E-state index in [4.69, 9.17) is 0 Å². The third-order valence-corrected chi connectivity index (χ3v) is 4.04. The molecule has 0 aliphatic rings. The number of nitrogens with one attached hydrogen (secondary N) is 1. The number of fused-ring (bicyclic) bond motifs is 1. The van der Waals surface area contributed by atoms with Gasteiger partial charge in [0, 0.05) is 17.3 Å². The Bertz CT molecular complexity index is 738. The van der Waals surface area contributed by atoms with Crippen molar-refractivity contribution in [1.29, 1.82) is 0 Å². The first-order valence-corrected chi connectivity index (χ1v) is 7.27. The van der Waals surface area contributed by atoms with Gasteiger partial charge in [-0.1, -0.05) is 47.7 Å². The number of benzene rings is 2. The number of hydrogen-bond donors (Lipinski definition) is 1. The highest BCUT2D eigenvalue weighted by Crippen LogP contribution is 2.32. The summed E-state index contributed by atoms with van der Waals surface area (Å²) in [6.45, 7) is 2.09. The molecule has 3 nitrogen and oxygen atoms in total. The molecule has 3 aromatic rings. The van der Waals surface area contributed by atoms with E-state index in [1.54, 1.807) is 11.8 Å². The van der Waals surface area contributed by atoms with E-state index in [2.05, 4.69) is 52.5 Å². The zero-order valence-corrected chi connectivity index (χ0v) is 12.2.